The fourth-order valence-electron chi connectivity index (χ4n) is 2.15. The third kappa shape index (κ3) is 5.18. The highest BCUT2D eigenvalue weighted by Crippen LogP contribution is 2.14. The van der Waals surface area contributed by atoms with E-state index in [4.69, 9.17) is 0 Å². The summed E-state index contributed by atoms with van der Waals surface area (Å²) in [5.41, 5.74) is 2.95. The van der Waals surface area contributed by atoms with Crippen LogP contribution in [0.25, 0.3) is 0 Å². The van der Waals surface area contributed by atoms with E-state index in [1.54, 1.807) is 18.2 Å². The SMILES string of the molecule is Cc1ccc(S(=O)(=O)NCCC(=O)NCc2ccccc2)cc1C. The summed E-state index contributed by atoms with van der Waals surface area (Å²) in [4.78, 5) is 12.0. The molecule has 6 heteroatoms. The van der Waals surface area contributed by atoms with Crippen LogP contribution in [0.1, 0.15) is 23.1 Å². The molecule has 0 aliphatic rings. The Morgan fingerprint density at radius 1 is 1.00 bits per heavy atom. The molecule has 128 valence electrons. The summed E-state index contributed by atoms with van der Waals surface area (Å²) in [5, 5.41) is 2.77. The number of hydrogen-bond acceptors (Lipinski definition) is 3. The highest BCUT2D eigenvalue weighted by atomic mass is 32.2. The molecule has 0 atom stereocenters. The smallest absolute Gasteiger partial charge is 0.240 e. The van der Waals surface area contributed by atoms with Crippen molar-refractivity contribution in [1.29, 1.82) is 0 Å². The van der Waals surface area contributed by atoms with Crippen LogP contribution >= 0.6 is 0 Å². The van der Waals surface area contributed by atoms with Crippen molar-refractivity contribution in [2.75, 3.05) is 6.54 Å². The fraction of sp³-hybridized carbons (Fsp3) is 0.278. The minimum atomic E-state index is -3.59. The van der Waals surface area contributed by atoms with Gasteiger partial charge in [0.05, 0.1) is 4.90 Å². The third-order valence-electron chi connectivity index (χ3n) is 3.77. The van der Waals surface area contributed by atoms with Gasteiger partial charge in [0.2, 0.25) is 15.9 Å². The number of sulfonamides is 1. The van der Waals surface area contributed by atoms with E-state index in [2.05, 4.69) is 10.0 Å². The topological polar surface area (TPSA) is 75.3 Å². The third-order valence-corrected chi connectivity index (χ3v) is 5.22. The predicted molar refractivity (Wildman–Crippen MR) is 94.0 cm³/mol. The molecule has 2 rings (SSSR count). The molecule has 2 aromatic rings. The van der Waals surface area contributed by atoms with E-state index in [0.29, 0.717) is 6.54 Å². The lowest BCUT2D eigenvalue weighted by Crippen LogP contribution is -2.30. The van der Waals surface area contributed by atoms with Crippen molar-refractivity contribution in [3.8, 4) is 0 Å². The first-order valence-corrected chi connectivity index (χ1v) is 9.24. The Kier molecular flexibility index (Phi) is 6.11. The fourth-order valence-corrected chi connectivity index (χ4v) is 3.26. The van der Waals surface area contributed by atoms with Gasteiger partial charge >= 0.3 is 0 Å². The van der Waals surface area contributed by atoms with Crippen LogP contribution in [0.4, 0.5) is 0 Å². The van der Waals surface area contributed by atoms with Crippen molar-refractivity contribution in [3.05, 3.63) is 65.2 Å². The first-order chi connectivity index (χ1) is 11.4. The minimum absolute atomic E-state index is 0.0654. The molecule has 1 amide bonds. The molecule has 5 nitrogen and oxygen atoms in total. The molecular weight excluding hydrogens is 324 g/mol. The first-order valence-electron chi connectivity index (χ1n) is 7.76. The van der Waals surface area contributed by atoms with Crippen LogP contribution < -0.4 is 10.0 Å². The van der Waals surface area contributed by atoms with Gasteiger partial charge in [0.15, 0.2) is 0 Å². The molecule has 0 aromatic heterocycles. The molecule has 0 spiro atoms. The van der Waals surface area contributed by atoms with Gasteiger partial charge < -0.3 is 5.32 Å². The predicted octanol–water partition coefficient (Wildman–Crippen LogP) is 2.29. The second kappa shape index (κ2) is 8.08. The summed E-state index contributed by atoms with van der Waals surface area (Å²) in [7, 11) is -3.59. The Morgan fingerprint density at radius 2 is 1.71 bits per heavy atom. The van der Waals surface area contributed by atoms with Gasteiger partial charge in [-0.1, -0.05) is 36.4 Å². The summed E-state index contributed by atoms with van der Waals surface area (Å²) in [5.74, 6) is -0.193. The van der Waals surface area contributed by atoms with Crippen molar-refractivity contribution in [1.82, 2.24) is 10.0 Å². The number of hydrogen-bond donors (Lipinski definition) is 2. The lowest BCUT2D eigenvalue weighted by molar-refractivity contribution is -0.121. The van der Waals surface area contributed by atoms with Gasteiger partial charge in [0.1, 0.15) is 0 Å². The van der Waals surface area contributed by atoms with E-state index in [1.807, 2.05) is 44.2 Å². The average Bonchev–Trinajstić information content (AvgIpc) is 2.56. The largest absolute Gasteiger partial charge is 0.352 e. The van der Waals surface area contributed by atoms with Crippen LogP contribution in [-0.4, -0.2) is 20.9 Å². The van der Waals surface area contributed by atoms with Gasteiger partial charge in [0.25, 0.3) is 0 Å². The standard InChI is InChI=1S/C18H22N2O3S/c1-14-8-9-17(12-15(14)2)24(22,23)20-11-10-18(21)19-13-16-6-4-3-5-7-16/h3-9,12,20H,10-11,13H2,1-2H3,(H,19,21). The van der Waals surface area contributed by atoms with Crippen LogP contribution in [0, 0.1) is 13.8 Å². The lowest BCUT2D eigenvalue weighted by Gasteiger charge is -2.09. The van der Waals surface area contributed by atoms with Gasteiger partial charge in [0, 0.05) is 19.5 Å². The molecule has 0 saturated heterocycles. The van der Waals surface area contributed by atoms with Crippen molar-refractivity contribution in [2.45, 2.75) is 31.7 Å². The number of aryl methyl sites for hydroxylation is 2. The van der Waals surface area contributed by atoms with Crippen LogP contribution in [0.2, 0.25) is 0 Å². The number of nitrogens with one attached hydrogen (secondary N) is 2. The lowest BCUT2D eigenvalue weighted by atomic mass is 10.1. The Balaban J connectivity index is 1.82. The molecule has 2 aromatic carbocycles. The van der Waals surface area contributed by atoms with Crippen LogP contribution in [0.15, 0.2) is 53.4 Å². The molecule has 0 aliphatic heterocycles. The van der Waals surface area contributed by atoms with E-state index in [9.17, 15) is 13.2 Å². The molecule has 0 aliphatic carbocycles. The van der Waals surface area contributed by atoms with Gasteiger partial charge in [-0.25, -0.2) is 13.1 Å². The number of carbonyl (C=O) groups excluding carboxylic acids is 1. The van der Waals surface area contributed by atoms with E-state index in [-0.39, 0.29) is 23.8 Å². The number of benzene rings is 2. The van der Waals surface area contributed by atoms with Gasteiger partial charge in [-0.05, 0) is 42.7 Å². The zero-order chi connectivity index (χ0) is 17.6. The van der Waals surface area contributed by atoms with E-state index in [0.717, 1.165) is 16.7 Å². The normalized spacial score (nSPS) is 11.2. The van der Waals surface area contributed by atoms with Crippen LogP contribution in [-0.2, 0) is 21.4 Å². The molecule has 0 saturated carbocycles. The monoisotopic (exact) mass is 346 g/mol. The Morgan fingerprint density at radius 3 is 2.38 bits per heavy atom. The minimum Gasteiger partial charge on any atom is -0.352 e. The van der Waals surface area contributed by atoms with E-state index < -0.39 is 10.0 Å². The van der Waals surface area contributed by atoms with Crippen LogP contribution in [0.3, 0.4) is 0 Å². The molecule has 0 fully saturated rings. The average molecular weight is 346 g/mol. The maximum Gasteiger partial charge on any atom is 0.240 e. The van der Waals surface area contributed by atoms with Crippen molar-refractivity contribution in [3.63, 3.8) is 0 Å². The summed E-state index contributed by atoms with van der Waals surface area (Å²) in [6.07, 6.45) is 0.0942. The Hall–Kier alpha value is -2.18. The Labute approximate surface area is 143 Å². The van der Waals surface area contributed by atoms with Crippen LogP contribution in [0.5, 0.6) is 0 Å². The molecular formula is C18H22N2O3S. The molecule has 2 N–H and O–H groups in total. The summed E-state index contributed by atoms with van der Waals surface area (Å²) in [6.45, 7) is 4.29. The number of carbonyl (C=O) groups is 1. The second-order valence-electron chi connectivity index (χ2n) is 5.66. The molecule has 0 radical (unpaired) electrons. The second-order valence-corrected chi connectivity index (χ2v) is 7.42. The zero-order valence-electron chi connectivity index (χ0n) is 13.9. The van der Waals surface area contributed by atoms with Gasteiger partial charge in [-0.2, -0.15) is 0 Å². The molecule has 0 unspecified atom stereocenters. The van der Waals surface area contributed by atoms with Crippen molar-refractivity contribution < 1.29 is 13.2 Å². The first kappa shape index (κ1) is 18.2. The molecule has 24 heavy (non-hydrogen) atoms. The molecule has 0 bridgehead atoms. The maximum absolute atomic E-state index is 12.2. The highest BCUT2D eigenvalue weighted by molar-refractivity contribution is 7.89. The summed E-state index contributed by atoms with van der Waals surface area (Å²) >= 11 is 0. The quantitative estimate of drug-likeness (QED) is 0.808. The Bertz CT molecular complexity index is 802. The van der Waals surface area contributed by atoms with Crippen molar-refractivity contribution >= 4 is 15.9 Å². The van der Waals surface area contributed by atoms with Gasteiger partial charge in [-0.3, -0.25) is 4.79 Å². The summed E-state index contributed by atoms with van der Waals surface area (Å²) in [6, 6.07) is 14.5. The van der Waals surface area contributed by atoms with Gasteiger partial charge in [-0.15, -0.1) is 0 Å². The zero-order valence-corrected chi connectivity index (χ0v) is 14.7. The maximum atomic E-state index is 12.2. The molecule has 0 heterocycles. The van der Waals surface area contributed by atoms with E-state index >= 15 is 0 Å². The summed E-state index contributed by atoms with van der Waals surface area (Å²) < 4.78 is 26.9. The number of rotatable bonds is 7. The van der Waals surface area contributed by atoms with Crippen molar-refractivity contribution in [2.24, 2.45) is 0 Å². The highest BCUT2D eigenvalue weighted by Gasteiger charge is 2.14. The number of amides is 1. The van der Waals surface area contributed by atoms with E-state index in [1.165, 1.54) is 0 Å².